The van der Waals surface area contributed by atoms with Gasteiger partial charge < -0.3 is 20.3 Å². The summed E-state index contributed by atoms with van der Waals surface area (Å²) < 4.78 is 6.41. The molecule has 2 aromatic rings. The number of esters is 1. The number of nitrogen functional groups attached to an aromatic ring is 1. The van der Waals surface area contributed by atoms with Crippen LogP contribution in [0.2, 0.25) is 0 Å². The standard InChI is InChI=1S/C27H37N5O6/c1-3-5-9-16-31(24-25(28)32(15-6-4-2)27(37)29-26(24)36)21(33)12-13-23(35)38-18-22(34)30-17-14-19-10-7-8-11-20(19)30/h7-8,10-11H,3-6,9,12-18,28H2,1-2H3,(H,29,36,37). The van der Waals surface area contributed by atoms with E-state index in [-0.39, 0.29) is 36.8 Å². The molecule has 0 radical (unpaired) electrons. The Bertz CT molecular complexity index is 1270. The van der Waals surface area contributed by atoms with Gasteiger partial charge in [0.25, 0.3) is 11.5 Å². The first-order valence-electron chi connectivity index (χ1n) is 13.2. The first-order valence-corrected chi connectivity index (χ1v) is 13.2. The number of ether oxygens (including phenoxy) is 1. The minimum atomic E-state index is -0.746. The number of H-pyrrole nitrogens is 1. The van der Waals surface area contributed by atoms with Crippen molar-refractivity contribution in [1.82, 2.24) is 9.55 Å². The number of rotatable bonds is 13. The lowest BCUT2D eigenvalue weighted by molar-refractivity contribution is -0.148. The molecule has 0 unspecified atom stereocenters. The van der Waals surface area contributed by atoms with E-state index in [4.69, 9.17) is 10.5 Å². The molecule has 11 nitrogen and oxygen atoms in total. The van der Waals surface area contributed by atoms with Crippen LogP contribution < -0.4 is 26.8 Å². The van der Waals surface area contributed by atoms with Gasteiger partial charge in [-0.2, -0.15) is 0 Å². The fourth-order valence-corrected chi connectivity index (χ4v) is 4.49. The van der Waals surface area contributed by atoms with E-state index in [1.165, 1.54) is 9.47 Å². The Kier molecular flexibility index (Phi) is 10.3. The molecule has 1 aliphatic heterocycles. The predicted molar refractivity (Wildman–Crippen MR) is 145 cm³/mol. The van der Waals surface area contributed by atoms with Crippen LogP contribution in [-0.4, -0.2) is 47.0 Å². The zero-order valence-corrected chi connectivity index (χ0v) is 22.2. The second kappa shape index (κ2) is 13.6. The highest BCUT2D eigenvalue weighted by Crippen LogP contribution is 2.27. The Morgan fingerprint density at radius 3 is 2.53 bits per heavy atom. The smallest absolute Gasteiger partial charge is 0.330 e. The minimum absolute atomic E-state index is 0.0730. The Balaban J connectivity index is 1.65. The topological polar surface area (TPSA) is 148 Å². The fraction of sp³-hybridized carbons (Fsp3) is 0.519. The Morgan fingerprint density at radius 1 is 1.05 bits per heavy atom. The van der Waals surface area contributed by atoms with Gasteiger partial charge in [0, 0.05) is 31.7 Å². The van der Waals surface area contributed by atoms with Crippen LogP contribution in [-0.2, 0) is 32.1 Å². The summed E-state index contributed by atoms with van der Waals surface area (Å²) >= 11 is 0. The van der Waals surface area contributed by atoms with Crippen molar-refractivity contribution in [2.75, 3.05) is 35.2 Å². The summed E-state index contributed by atoms with van der Waals surface area (Å²) in [5.41, 5.74) is 6.64. The van der Waals surface area contributed by atoms with E-state index in [0.29, 0.717) is 25.9 Å². The number of aromatic nitrogens is 2. The van der Waals surface area contributed by atoms with E-state index in [9.17, 15) is 24.0 Å². The second-order valence-electron chi connectivity index (χ2n) is 9.34. The van der Waals surface area contributed by atoms with Crippen molar-refractivity contribution >= 4 is 35.0 Å². The zero-order chi connectivity index (χ0) is 27.7. The van der Waals surface area contributed by atoms with Gasteiger partial charge in [0.1, 0.15) is 5.82 Å². The molecular weight excluding hydrogens is 490 g/mol. The molecule has 0 spiro atoms. The Hall–Kier alpha value is -3.89. The van der Waals surface area contributed by atoms with Crippen LogP contribution in [0.5, 0.6) is 0 Å². The molecule has 38 heavy (non-hydrogen) atoms. The van der Waals surface area contributed by atoms with Gasteiger partial charge in [-0.15, -0.1) is 0 Å². The molecule has 0 bridgehead atoms. The molecule has 11 heteroatoms. The number of fused-ring (bicyclic) bond motifs is 1. The van der Waals surface area contributed by atoms with Crippen molar-refractivity contribution in [3.05, 3.63) is 50.7 Å². The zero-order valence-electron chi connectivity index (χ0n) is 22.2. The third kappa shape index (κ3) is 6.90. The third-order valence-corrected chi connectivity index (χ3v) is 6.59. The predicted octanol–water partition coefficient (Wildman–Crippen LogP) is 2.35. The summed E-state index contributed by atoms with van der Waals surface area (Å²) in [5.74, 6) is -1.58. The number of anilines is 3. The number of carbonyl (C=O) groups excluding carboxylic acids is 3. The number of nitrogens with two attached hydrogens (primary N) is 1. The maximum absolute atomic E-state index is 13.2. The second-order valence-corrected chi connectivity index (χ2v) is 9.34. The molecule has 3 rings (SSSR count). The molecule has 2 heterocycles. The lowest BCUT2D eigenvalue weighted by Crippen LogP contribution is -2.41. The van der Waals surface area contributed by atoms with Crippen LogP contribution in [0.25, 0.3) is 0 Å². The summed E-state index contributed by atoms with van der Waals surface area (Å²) in [6, 6.07) is 7.57. The van der Waals surface area contributed by atoms with Crippen LogP contribution in [0.15, 0.2) is 33.9 Å². The van der Waals surface area contributed by atoms with Crippen molar-refractivity contribution in [1.29, 1.82) is 0 Å². The highest BCUT2D eigenvalue weighted by atomic mass is 16.5. The van der Waals surface area contributed by atoms with E-state index in [1.54, 1.807) is 4.90 Å². The molecule has 0 aliphatic carbocycles. The normalized spacial score (nSPS) is 12.3. The van der Waals surface area contributed by atoms with Gasteiger partial charge in [-0.05, 0) is 30.9 Å². The number of hydrogen-bond acceptors (Lipinski definition) is 7. The first kappa shape index (κ1) is 28.7. The average Bonchev–Trinajstić information content (AvgIpc) is 3.33. The van der Waals surface area contributed by atoms with Crippen LogP contribution in [0.1, 0.15) is 64.4 Å². The minimum Gasteiger partial charge on any atom is -0.456 e. The van der Waals surface area contributed by atoms with E-state index in [2.05, 4.69) is 4.98 Å². The molecule has 1 aromatic carbocycles. The number of para-hydroxylation sites is 1. The third-order valence-electron chi connectivity index (χ3n) is 6.59. The summed E-state index contributed by atoms with van der Waals surface area (Å²) in [6.45, 7) is 4.60. The number of aromatic amines is 1. The fourth-order valence-electron chi connectivity index (χ4n) is 4.49. The highest BCUT2D eigenvalue weighted by Gasteiger charge is 2.26. The van der Waals surface area contributed by atoms with Gasteiger partial charge in [0.15, 0.2) is 12.3 Å². The van der Waals surface area contributed by atoms with Gasteiger partial charge in [-0.25, -0.2) is 4.79 Å². The lowest BCUT2D eigenvalue weighted by Gasteiger charge is -2.24. The molecule has 3 N–H and O–H groups in total. The number of nitrogens with zero attached hydrogens (tertiary/aromatic N) is 3. The molecule has 0 saturated heterocycles. The number of benzene rings is 1. The number of amides is 2. The lowest BCUT2D eigenvalue weighted by atomic mass is 10.2. The van der Waals surface area contributed by atoms with Gasteiger partial charge in [0.2, 0.25) is 5.91 Å². The van der Waals surface area contributed by atoms with Crippen LogP contribution in [0, 0.1) is 0 Å². The molecule has 2 amide bonds. The van der Waals surface area contributed by atoms with E-state index < -0.39 is 29.7 Å². The number of unbranched alkanes of at least 4 members (excludes halogenated alkanes) is 3. The van der Waals surface area contributed by atoms with E-state index in [1.807, 2.05) is 38.1 Å². The quantitative estimate of drug-likeness (QED) is 0.300. The van der Waals surface area contributed by atoms with Gasteiger partial charge >= 0.3 is 11.7 Å². The molecular formula is C27H37N5O6. The van der Waals surface area contributed by atoms with Crippen molar-refractivity contribution < 1.29 is 19.1 Å². The van der Waals surface area contributed by atoms with Gasteiger partial charge in [-0.1, -0.05) is 51.3 Å². The van der Waals surface area contributed by atoms with Gasteiger partial charge in [0.05, 0.1) is 6.42 Å². The number of nitrogens with one attached hydrogen (secondary N) is 1. The van der Waals surface area contributed by atoms with E-state index >= 15 is 0 Å². The van der Waals surface area contributed by atoms with Crippen LogP contribution in [0.3, 0.4) is 0 Å². The van der Waals surface area contributed by atoms with E-state index in [0.717, 1.165) is 36.9 Å². The van der Waals surface area contributed by atoms with Crippen LogP contribution in [0.4, 0.5) is 17.2 Å². The average molecular weight is 528 g/mol. The first-order chi connectivity index (χ1) is 18.3. The number of hydrogen-bond donors (Lipinski definition) is 2. The maximum Gasteiger partial charge on any atom is 0.330 e. The van der Waals surface area contributed by atoms with Crippen molar-refractivity contribution in [2.24, 2.45) is 0 Å². The van der Waals surface area contributed by atoms with Gasteiger partial charge in [-0.3, -0.25) is 28.7 Å². The molecule has 206 valence electrons. The summed E-state index contributed by atoms with van der Waals surface area (Å²) in [5, 5.41) is 0. The summed E-state index contributed by atoms with van der Waals surface area (Å²) in [6.07, 6.45) is 4.06. The van der Waals surface area contributed by atoms with Crippen molar-refractivity contribution in [3.63, 3.8) is 0 Å². The van der Waals surface area contributed by atoms with Crippen molar-refractivity contribution in [3.8, 4) is 0 Å². The SMILES string of the molecule is CCCCCN(C(=O)CCC(=O)OCC(=O)N1CCc2ccccc21)c1c(N)n(CCCC)c(=O)[nH]c1=O. The highest BCUT2D eigenvalue weighted by molar-refractivity contribution is 5.98. The molecule has 1 aliphatic rings. The van der Waals surface area contributed by atoms with Crippen molar-refractivity contribution in [2.45, 2.75) is 71.8 Å². The maximum atomic E-state index is 13.2. The molecule has 0 saturated carbocycles. The Morgan fingerprint density at radius 2 is 1.79 bits per heavy atom. The monoisotopic (exact) mass is 527 g/mol. The molecule has 1 aromatic heterocycles. The van der Waals surface area contributed by atoms with Crippen LogP contribution >= 0.6 is 0 Å². The summed E-state index contributed by atoms with van der Waals surface area (Å²) in [7, 11) is 0. The molecule has 0 fully saturated rings. The number of carbonyl (C=O) groups is 3. The Labute approximate surface area is 221 Å². The summed E-state index contributed by atoms with van der Waals surface area (Å²) in [4.78, 5) is 68.3. The molecule has 0 atom stereocenters. The largest absolute Gasteiger partial charge is 0.456 e.